The topological polar surface area (TPSA) is 0 Å². The molecule has 1 aromatic rings. The Labute approximate surface area is 76.4 Å². The predicted molar refractivity (Wildman–Crippen MR) is 48.7 cm³/mol. The van der Waals surface area contributed by atoms with Crippen LogP contribution in [-0.2, 0) is 0 Å². The molecule has 0 bridgehead atoms. The van der Waals surface area contributed by atoms with Gasteiger partial charge in [0.05, 0.1) is 0 Å². The van der Waals surface area contributed by atoms with Crippen LogP contribution in [-0.4, -0.2) is 0 Å². The maximum atomic E-state index is 12.8. The molecule has 0 fully saturated rings. The first-order valence-corrected chi connectivity index (χ1v) is 3.93. The van der Waals surface area contributed by atoms with Crippen LogP contribution in [0, 0.1) is 18.2 Å². The van der Waals surface area contributed by atoms with Crippen molar-refractivity contribution in [3.63, 3.8) is 0 Å². The summed E-state index contributed by atoms with van der Waals surface area (Å²) in [6.07, 6.45) is 5.19. The molecule has 0 nitrogen and oxygen atoms in total. The van der Waals surface area contributed by atoms with Crippen molar-refractivity contribution in [2.45, 2.75) is 12.8 Å². The first-order chi connectivity index (χ1) is 5.63. The first-order valence-electron chi connectivity index (χ1n) is 3.55. The Hall–Kier alpha value is -1.00. The van der Waals surface area contributed by atoms with Crippen molar-refractivity contribution < 1.29 is 4.39 Å². The largest absolute Gasteiger partial charge is 0.207 e. The van der Waals surface area contributed by atoms with Gasteiger partial charge in [-0.05, 0) is 30.7 Å². The Bertz CT molecular complexity index is 305. The van der Waals surface area contributed by atoms with E-state index in [1.165, 1.54) is 12.1 Å². The summed E-state index contributed by atoms with van der Waals surface area (Å²) in [6.45, 7) is 1.82. The van der Waals surface area contributed by atoms with E-state index in [1.54, 1.807) is 6.07 Å². The standard InChI is InChI=1S/C10H8ClF/c1-3-7(2)8-4-9(11)6-10(12)5-8/h1,4-7H,2H3. The van der Waals surface area contributed by atoms with Gasteiger partial charge in [0.2, 0.25) is 0 Å². The Balaban J connectivity index is 3.10. The minimum absolute atomic E-state index is 0.0989. The van der Waals surface area contributed by atoms with Crippen LogP contribution in [0.25, 0.3) is 0 Å². The van der Waals surface area contributed by atoms with Crippen LogP contribution >= 0.6 is 11.6 Å². The maximum absolute atomic E-state index is 12.8. The highest BCUT2D eigenvalue weighted by Gasteiger charge is 2.04. The lowest BCUT2D eigenvalue weighted by Crippen LogP contribution is -1.90. The van der Waals surface area contributed by atoms with Gasteiger partial charge in [0.1, 0.15) is 5.82 Å². The van der Waals surface area contributed by atoms with Gasteiger partial charge in [-0.15, -0.1) is 6.42 Å². The number of benzene rings is 1. The van der Waals surface area contributed by atoms with E-state index in [0.29, 0.717) is 5.02 Å². The summed E-state index contributed by atoms with van der Waals surface area (Å²) in [5.74, 6) is 2.06. The molecule has 0 aliphatic heterocycles. The SMILES string of the molecule is C#CC(C)c1cc(F)cc(Cl)c1. The van der Waals surface area contributed by atoms with Crippen molar-refractivity contribution in [1.82, 2.24) is 0 Å². The summed E-state index contributed by atoms with van der Waals surface area (Å²) in [5, 5.41) is 0.382. The molecule has 0 aliphatic rings. The van der Waals surface area contributed by atoms with Gasteiger partial charge < -0.3 is 0 Å². The van der Waals surface area contributed by atoms with E-state index in [2.05, 4.69) is 5.92 Å². The summed E-state index contributed by atoms with van der Waals surface area (Å²) in [4.78, 5) is 0. The van der Waals surface area contributed by atoms with E-state index in [-0.39, 0.29) is 11.7 Å². The smallest absolute Gasteiger partial charge is 0.125 e. The summed E-state index contributed by atoms with van der Waals surface area (Å²) >= 11 is 5.64. The van der Waals surface area contributed by atoms with Gasteiger partial charge in [-0.2, -0.15) is 0 Å². The highest BCUT2D eigenvalue weighted by Crippen LogP contribution is 2.20. The van der Waals surface area contributed by atoms with Crippen molar-refractivity contribution in [2.24, 2.45) is 0 Å². The second-order valence-electron chi connectivity index (χ2n) is 2.59. The van der Waals surface area contributed by atoms with Crippen LogP contribution in [0.4, 0.5) is 4.39 Å². The molecule has 2 heteroatoms. The molecule has 1 aromatic carbocycles. The molecule has 1 unspecified atom stereocenters. The van der Waals surface area contributed by atoms with Crippen molar-refractivity contribution in [1.29, 1.82) is 0 Å². The molecule has 0 heterocycles. The van der Waals surface area contributed by atoms with Gasteiger partial charge >= 0.3 is 0 Å². The summed E-state index contributed by atoms with van der Waals surface area (Å²) in [7, 11) is 0. The minimum atomic E-state index is -0.348. The Morgan fingerprint density at radius 1 is 1.50 bits per heavy atom. The zero-order valence-electron chi connectivity index (χ0n) is 6.64. The predicted octanol–water partition coefficient (Wildman–Crippen LogP) is 3.22. The average Bonchev–Trinajstić information content (AvgIpc) is 2.01. The first kappa shape index (κ1) is 9.09. The van der Waals surface area contributed by atoms with Crippen LogP contribution in [0.1, 0.15) is 18.4 Å². The zero-order chi connectivity index (χ0) is 9.14. The molecule has 0 radical (unpaired) electrons. The molecule has 1 rings (SSSR count). The molecule has 0 N–H and O–H groups in total. The van der Waals surface area contributed by atoms with Crippen LogP contribution < -0.4 is 0 Å². The fourth-order valence-corrected chi connectivity index (χ4v) is 1.15. The van der Waals surface area contributed by atoms with Crippen molar-refractivity contribution in [2.75, 3.05) is 0 Å². The van der Waals surface area contributed by atoms with Crippen LogP contribution in [0.2, 0.25) is 5.02 Å². The Morgan fingerprint density at radius 2 is 2.17 bits per heavy atom. The third-order valence-electron chi connectivity index (χ3n) is 1.63. The normalized spacial score (nSPS) is 12.2. The Kier molecular flexibility index (Phi) is 2.73. The van der Waals surface area contributed by atoms with Crippen molar-refractivity contribution >= 4 is 11.6 Å². The third kappa shape index (κ3) is 1.99. The summed E-state index contributed by atoms with van der Waals surface area (Å²) in [6, 6.07) is 4.33. The van der Waals surface area contributed by atoms with Crippen LogP contribution in [0.15, 0.2) is 18.2 Å². The molecule has 0 spiro atoms. The number of rotatable bonds is 1. The number of halogens is 2. The lowest BCUT2D eigenvalue weighted by molar-refractivity contribution is 0.625. The number of terminal acetylenes is 1. The van der Waals surface area contributed by atoms with Crippen LogP contribution in [0.3, 0.4) is 0 Å². The molecular weight excluding hydrogens is 175 g/mol. The maximum Gasteiger partial charge on any atom is 0.125 e. The zero-order valence-corrected chi connectivity index (χ0v) is 7.40. The van der Waals surface area contributed by atoms with Gasteiger partial charge in [0.15, 0.2) is 0 Å². The van der Waals surface area contributed by atoms with Crippen molar-refractivity contribution in [3.8, 4) is 12.3 Å². The van der Waals surface area contributed by atoms with Gasteiger partial charge in [-0.25, -0.2) is 4.39 Å². The van der Waals surface area contributed by atoms with E-state index < -0.39 is 0 Å². The second-order valence-corrected chi connectivity index (χ2v) is 3.03. The van der Waals surface area contributed by atoms with E-state index in [4.69, 9.17) is 18.0 Å². The fraction of sp³-hybridized carbons (Fsp3) is 0.200. The monoisotopic (exact) mass is 182 g/mol. The fourth-order valence-electron chi connectivity index (χ4n) is 0.921. The summed E-state index contributed by atoms with van der Waals surface area (Å²) in [5.41, 5.74) is 0.738. The molecule has 0 saturated heterocycles. The molecule has 1 atom stereocenters. The highest BCUT2D eigenvalue weighted by molar-refractivity contribution is 6.30. The quantitative estimate of drug-likeness (QED) is 0.585. The molecule has 0 amide bonds. The molecule has 0 aliphatic carbocycles. The molecule has 12 heavy (non-hydrogen) atoms. The Morgan fingerprint density at radius 3 is 2.67 bits per heavy atom. The molecule has 62 valence electrons. The van der Waals surface area contributed by atoms with Gasteiger partial charge in [-0.3, -0.25) is 0 Å². The van der Waals surface area contributed by atoms with E-state index >= 15 is 0 Å². The highest BCUT2D eigenvalue weighted by atomic mass is 35.5. The van der Waals surface area contributed by atoms with Crippen molar-refractivity contribution in [3.05, 3.63) is 34.6 Å². The lowest BCUT2D eigenvalue weighted by atomic mass is 10.0. The average molecular weight is 183 g/mol. The third-order valence-corrected chi connectivity index (χ3v) is 1.85. The van der Waals surface area contributed by atoms with Crippen LogP contribution in [0.5, 0.6) is 0 Å². The van der Waals surface area contributed by atoms with Gasteiger partial charge in [0, 0.05) is 10.9 Å². The number of hydrogen-bond donors (Lipinski definition) is 0. The van der Waals surface area contributed by atoms with Gasteiger partial charge in [0.25, 0.3) is 0 Å². The second kappa shape index (κ2) is 3.60. The van der Waals surface area contributed by atoms with E-state index in [9.17, 15) is 4.39 Å². The number of hydrogen-bond acceptors (Lipinski definition) is 0. The van der Waals surface area contributed by atoms with E-state index in [1.807, 2.05) is 6.92 Å². The summed E-state index contributed by atoms with van der Waals surface area (Å²) < 4.78 is 12.8. The van der Waals surface area contributed by atoms with Gasteiger partial charge in [-0.1, -0.05) is 17.5 Å². The minimum Gasteiger partial charge on any atom is -0.207 e. The molecule has 0 saturated carbocycles. The molecule has 0 aromatic heterocycles. The molecular formula is C10H8ClF. The lowest BCUT2D eigenvalue weighted by Gasteiger charge is -2.04. The van der Waals surface area contributed by atoms with E-state index in [0.717, 1.165) is 5.56 Å².